The number of epoxide rings is 1. The topological polar surface area (TPSA) is 31.0 Å². The summed E-state index contributed by atoms with van der Waals surface area (Å²) in [6.07, 6.45) is 0.123. The smallest absolute Gasteiger partial charge is 0.163 e. The van der Waals surface area contributed by atoms with Gasteiger partial charge in [-0.1, -0.05) is 0 Å². The van der Waals surface area contributed by atoms with E-state index in [0.29, 0.717) is 6.61 Å². The Kier molecular flexibility index (Phi) is 1.35. The van der Waals surface area contributed by atoms with E-state index >= 15 is 0 Å². The summed E-state index contributed by atoms with van der Waals surface area (Å²) in [6, 6.07) is 0. The van der Waals surface area contributed by atoms with Crippen molar-refractivity contribution in [1.29, 1.82) is 0 Å². The molecule has 64 valence electrons. The fraction of sp³-hybridized carbons (Fsp3) is 1.00. The molecule has 0 saturated carbocycles. The van der Waals surface area contributed by atoms with Crippen LogP contribution in [0.4, 0.5) is 0 Å². The van der Waals surface area contributed by atoms with Crippen LogP contribution in [0.15, 0.2) is 0 Å². The summed E-state index contributed by atoms with van der Waals surface area (Å²) < 4.78 is 16.3. The van der Waals surface area contributed by atoms with Gasteiger partial charge in [-0.05, 0) is 20.8 Å². The minimum absolute atomic E-state index is 0.0617. The van der Waals surface area contributed by atoms with E-state index in [1.165, 1.54) is 0 Å². The minimum atomic E-state index is -0.417. The normalized spacial score (nSPS) is 47.7. The van der Waals surface area contributed by atoms with Crippen LogP contribution in [0.1, 0.15) is 20.8 Å². The average molecular weight is 158 g/mol. The Hall–Kier alpha value is -0.120. The molecule has 0 aromatic carbocycles. The van der Waals surface area contributed by atoms with Gasteiger partial charge in [0.05, 0.1) is 13.2 Å². The highest BCUT2D eigenvalue weighted by molar-refractivity contribution is 4.97. The average Bonchev–Trinajstić information content (AvgIpc) is 2.51. The highest BCUT2D eigenvalue weighted by Gasteiger charge is 2.53. The van der Waals surface area contributed by atoms with Gasteiger partial charge in [0.15, 0.2) is 5.79 Å². The van der Waals surface area contributed by atoms with E-state index in [9.17, 15) is 0 Å². The Morgan fingerprint density at radius 3 is 2.18 bits per heavy atom. The lowest BCUT2D eigenvalue weighted by Gasteiger charge is -2.18. The summed E-state index contributed by atoms with van der Waals surface area (Å²) in [6.45, 7) is 7.38. The molecule has 11 heavy (non-hydrogen) atoms. The van der Waals surface area contributed by atoms with Crippen molar-refractivity contribution in [2.75, 3.05) is 13.2 Å². The first-order valence-electron chi connectivity index (χ1n) is 3.98. The van der Waals surface area contributed by atoms with E-state index in [2.05, 4.69) is 6.92 Å². The van der Waals surface area contributed by atoms with Crippen LogP contribution in [-0.2, 0) is 14.2 Å². The van der Waals surface area contributed by atoms with Crippen LogP contribution in [0, 0.1) is 0 Å². The molecule has 0 aromatic rings. The van der Waals surface area contributed by atoms with Crippen molar-refractivity contribution in [3.63, 3.8) is 0 Å². The van der Waals surface area contributed by atoms with E-state index in [4.69, 9.17) is 14.2 Å². The summed E-state index contributed by atoms with van der Waals surface area (Å²) >= 11 is 0. The molecule has 0 aromatic heterocycles. The van der Waals surface area contributed by atoms with Gasteiger partial charge in [-0.2, -0.15) is 0 Å². The zero-order valence-electron chi connectivity index (χ0n) is 7.22. The van der Waals surface area contributed by atoms with Crippen molar-refractivity contribution < 1.29 is 14.2 Å². The maximum atomic E-state index is 5.63. The summed E-state index contributed by atoms with van der Waals surface area (Å²) in [5, 5.41) is 0. The molecule has 2 rings (SSSR count). The second-order valence-corrected chi connectivity index (χ2v) is 3.92. The molecule has 3 nitrogen and oxygen atoms in total. The van der Waals surface area contributed by atoms with E-state index in [1.54, 1.807) is 0 Å². The number of hydrogen-bond donors (Lipinski definition) is 0. The predicted molar refractivity (Wildman–Crippen MR) is 39.3 cm³/mol. The lowest BCUT2D eigenvalue weighted by Crippen LogP contribution is -2.31. The molecule has 0 aliphatic carbocycles. The molecule has 0 spiro atoms. The third-order valence-corrected chi connectivity index (χ3v) is 2.29. The van der Waals surface area contributed by atoms with Crippen LogP contribution in [0.5, 0.6) is 0 Å². The van der Waals surface area contributed by atoms with Crippen molar-refractivity contribution in [3.8, 4) is 0 Å². The van der Waals surface area contributed by atoms with Gasteiger partial charge in [0.2, 0.25) is 0 Å². The van der Waals surface area contributed by atoms with Crippen LogP contribution in [0.25, 0.3) is 0 Å². The molecule has 0 radical (unpaired) electrons. The van der Waals surface area contributed by atoms with Gasteiger partial charge < -0.3 is 14.2 Å². The predicted octanol–water partition coefficient (Wildman–Crippen LogP) is 0.927. The van der Waals surface area contributed by atoms with Crippen LogP contribution in [0.3, 0.4) is 0 Å². The highest BCUT2D eigenvalue weighted by atomic mass is 16.8. The Morgan fingerprint density at radius 2 is 1.82 bits per heavy atom. The van der Waals surface area contributed by atoms with Crippen molar-refractivity contribution >= 4 is 0 Å². The Bertz CT molecular complexity index is 172. The van der Waals surface area contributed by atoms with Crippen LogP contribution in [-0.4, -0.2) is 30.7 Å². The molecule has 2 heterocycles. The molecule has 2 unspecified atom stereocenters. The molecule has 2 aliphatic heterocycles. The number of rotatable bonds is 1. The lowest BCUT2D eigenvalue weighted by atomic mass is 10.1. The van der Waals surface area contributed by atoms with Gasteiger partial charge in [0, 0.05) is 0 Å². The van der Waals surface area contributed by atoms with Crippen LogP contribution < -0.4 is 0 Å². The first-order valence-corrected chi connectivity index (χ1v) is 3.98. The largest absolute Gasteiger partial charge is 0.367 e. The van der Waals surface area contributed by atoms with E-state index < -0.39 is 5.79 Å². The monoisotopic (exact) mass is 158 g/mol. The van der Waals surface area contributed by atoms with Gasteiger partial charge in [0.1, 0.15) is 11.7 Å². The SMILES string of the molecule is CC1(C)OCC(C2(C)CO2)O1. The molecular weight excluding hydrogens is 144 g/mol. The zero-order chi connectivity index (χ0) is 8.11. The van der Waals surface area contributed by atoms with Crippen molar-refractivity contribution in [2.24, 2.45) is 0 Å². The van der Waals surface area contributed by atoms with E-state index in [0.717, 1.165) is 6.61 Å². The summed E-state index contributed by atoms with van der Waals surface area (Å²) in [5.74, 6) is -0.417. The fourth-order valence-corrected chi connectivity index (χ4v) is 1.29. The highest BCUT2D eigenvalue weighted by Crippen LogP contribution is 2.38. The Labute approximate surface area is 66.6 Å². The molecule has 0 amide bonds. The van der Waals surface area contributed by atoms with Crippen LogP contribution >= 0.6 is 0 Å². The molecule has 2 aliphatic rings. The van der Waals surface area contributed by atoms with E-state index in [-0.39, 0.29) is 11.7 Å². The van der Waals surface area contributed by atoms with E-state index in [1.807, 2.05) is 13.8 Å². The van der Waals surface area contributed by atoms with Crippen molar-refractivity contribution in [2.45, 2.75) is 38.3 Å². The minimum Gasteiger partial charge on any atom is -0.367 e. The third-order valence-electron chi connectivity index (χ3n) is 2.29. The molecule has 3 heteroatoms. The first-order chi connectivity index (χ1) is 5.02. The Morgan fingerprint density at radius 1 is 1.18 bits per heavy atom. The maximum Gasteiger partial charge on any atom is 0.163 e. The number of hydrogen-bond acceptors (Lipinski definition) is 3. The fourth-order valence-electron chi connectivity index (χ4n) is 1.29. The summed E-state index contributed by atoms with van der Waals surface area (Å²) in [4.78, 5) is 0. The first kappa shape index (κ1) is 7.53. The molecule has 2 atom stereocenters. The third kappa shape index (κ3) is 1.28. The summed E-state index contributed by atoms with van der Waals surface area (Å²) in [7, 11) is 0. The molecular formula is C8H14O3. The van der Waals surface area contributed by atoms with Gasteiger partial charge >= 0.3 is 0 Å². The van der Waals surface area contributed by atoms with Gasteiger partial charge in [0.25, 0.3) is 0 Å². The Balaban J connectivity index is 2.00. The molecule has 0 bridgehead atoms. The van der Waals surface area contributed by atoms with Crippen LogP contribution in [0.2, 0.25) is 0 Å². The quantitative estimate of drug-likeness (QED) is 0.532. The molecule has 2 fully saturated rings. The van der Waals surface area contributed by atoms with Crippen molar-refractivity contribution in [1.82, 2.24) is 0 Å². The standard InChI is InChI=1S/C8H14O3/c1-7(2)9-4-6(11-7)8(3)5-10-8/h6H,4-5H2,1-3H3. The molecule has 0 N–H and O–H groups in total. The van der Waals surface area contributed by atoms with Gasteiger partial charge in [-0.15, -0.1) is 0 Å². The second kappa shape index (κ2) is 1.97. The number of ether oxygens (including phenoxy) is 3. The maximum absolute atomic E-state index is 5.63. The summed E-state index contributed by atoms with van der Waals surface area (Å²) in [5.41, 5.74) is -0.0617. The lowest BCUT2D eigenvalue weighted by molar-refractivity contribution is -0.145. The zero-order valence-corrected chi connectivity index (χ0v) is 7.22. The van der Waals surface area contributed by atoms with Gasteiger partial charge in [-0.25, -0.2) is 0 Å². The second-order valence-electron chi connectivity index (χ2n) is 3.92. The van der Waals surface area contributed by atoms with Gasteiger partial charge in [-0.3, -0.25) is 0 Å². The van der Waals surface area contributed by atoms with Crippen molar-refractivity contribution in [3.05, 3.63) is 0 Å². The molecule has 2 saturated heterocycles.